The van der Waals surface area contributed by atoms with Crippen LogP contribution in [0.1, 0.15) is 18.7 Å². The number of nitrogens with one attached hydrogen (secondary N) is 1. The highest BCUT2D eigenvalue weighted by atomic mass is 79.9. The molecule has 0 radical (unpaired) electrons. The summed E-state index contributed by atoms with van der Waals surface area (Å²) in [6.45, 7) is 1.62. The number of rotatable bonds is 4. The summed E-state index contributed by atoms with van der Waals surface area (Å²) in [7, 11) is 0. The third-order valence-electron chi connectivity index (χ3n) is 4.12. The van der Waals surface area contributed by atoms with E-state index in [0.717, 1.165) is 0 Å². The molecule has 0 aliphatic carbocycles. The Hall–Kier alpha value is -1.62. The predicted molar refractivity (Wildman–Crippen MR) is 85.1 cm³/mol. The number of halogens is 1. The maximum atomic E-state index is 10.3. The van der Waals surface area contributed by atoms with Gasteiger partial charge in [0.1, 0.15) is 30.0 Å². The van der Waals surface area contributed by atoms with Crippen molar-refractivity contribution in [3.05, 3.63) is 18.1 Å². The number of hydrogen-bond acceptors (Lipinski definition) is 8. The number of alkyl halides is 1. The fourth-order valence-electron chi connectivity index (χ4n) is 2.93. The minimum absolute atomic E-state index is 0.138. The first kappa shape index (κ1) is 16.2. The number of anilines is 1. The van der Waals surface area contributed by atoms with Crippen molar-refractivity contribution in [3.63, 3.8) is 0 Å². The van der Waals surface area contributed by atoms with Crippen LogP contribution in [0.4, 0.5) is 5.82 Å². The lowest BCUT2D eigenvalue weighted by Gasteiger charge is -2.27. The smallest absolute Gasteiger partial charge is 0.153 e. The zero-order chi connectivity index (χ0) is 16.8. The predicted octanol–water partition coefficient (Wildman–Crippen LogP) is 0.949. The second kappa shape index (κ2) is 5.78. The Bertz CT molecular complexity index is 749. The minimum atomic E-state index is -0.904. The van der Waals surface area contributed by atoms with E-state index in [2.05, 4.69) is 31.0 Å². The molecule has 1 aliphatic heterocycles. The van der Waals surface area contributed by atoms with E-state index < -0.39 is 22.8 Å². The molecular weight excluding hydrogens is 368 g/mol. The fourth-order valence-corrected chi connectivity index (χ4v) is 3.56. The lowest BCUT2D eigenvalue weighted by atomic mass is 10.0. The van der Waals surface area contributed by atoms with Crippen molar-refractivity contribution >= 4 is 32.8 Å². The van der Waals surface area contributed by atoms with Gasteiger partial charge in [0.15, 0.2) is 6.23 Å². The summed E-state index contributed by atoms with van der Waals surface area (Å²) >= 11 is 3.50. The molecule has 3 heterocycles. The highest BCUT2D eigenvalue weighted by Gasteiger charge is 2.52. The molecule has 5 N–H and O–H groups in total. The molecule has 0 saturated carbocycles. The van der Waals surface area contributed by atoms with Gasteiger partial charge in [-0.05, 0) is 6.92 Å². The van der Waals surface area contributed by atoms with Gasteiger partial charge in [0.25, 0.3) is 0 Å². The highest BCUT2D eigenvalue weighted by molar-refractivity contribution is 9.10. The Kier molecular flexibility index (Phi) is 4.08. The molecule has 0 bridgehead atoms. The van der Waals surface area contributed by atoms with Gasteiger partial charge >= 0.3 is 0 Å². The van der Waals surface area contributed by atoms with Crippen LogP contribution >= 0.6 is 15.9 Å². The molecule has 1 saturated heterocycles. The van der Waals surface area contributed by atoms with E-state index in [9.17, 15) is 10.2 Å². The summed E-state index contributed by atoms with van der Waals surface area (Å²) in [5, 5.41) is 23.7. The van der Waals surface area contributed by atoms with Crippen molar-refractivity contribution in [2.45, 2.75) is 36.2 Å². The van der Waals surface area contributed by atoms with E-state index in [1.165, 1.54) is 6.33 Å². The van der Waals surface area contributed by atoms with Crippen molar-refractivity contribution in [1.82, 2.24) is 14.5 Å². The normalized spacial score (nSPS) is 30.9. The number of nitrogens with zero attached hydrogens (tertiary/aromatic N) is 4. The first-order valence-electron chi connectivity index (χ1n) is 6.98. The molecule has 2 aromatic heterocycles. The molecule has 10 heteroatoms. The number of aromatic nitrogens is 3. The van der Waals surface area contributed by atoms with Crippen molar-refractivity contribution in [2.75, 3.05) is 12.3 Å². The quantitative estimate of drug-likeness (QED) is 0.456. The Balaban J connectivity index is 2.17. The Labute approximate surface area is 140 Å². The van der Waals surface area contributed by atoms with Crippen LogP contribution in [0.3, 0.4) is 0 Å². The van der Waals surface area contributed by atoms with Gasteiger partial charge in [-0.3, -0.25) is 0 Å². The maximum absolute atomic E-state index is 10.3. The number of aliphatic hydroxyl groups is 2. The number of aliphatic hydroxyl groups excluding tert-OH is 2. The molecule has 0 amide bonds. The zero-order valence-corrected chi connectivity index (χ0v) is 13.9. The molecule has 2 aromatic rings. The molecule has 4 atom stereocenters. The summed E-state index contributed by atoms with van der Waals surface area (Å²) in [4.78, 5) is 8.24. The summed E-state index contributed by atoms with van der Waals surface area (Å²) in [6.07, 6.45) is 0.843. The molecule has 124 valence electrons. The molecule has 1 fully saturated rings. The monoisotopic (exact) mass is 384 g/mol. The first-order chi connectivity index (χ1) is 10.9. The fraction of sp³-hybridized carbons (Fsp3) is 0.538. The largest absolute Gasteiger partial charge is 0.394 e. The number of ether oxygens (including phenoxy) is 1. The second-order valence-electron chi connectivity index (χ2n) is 5.64. The van der Waals surface area contributed by atoms with Gasteiger partial charge in [-0.15, -0.1) is 0 Å². The SMILES string of the molecule is C[C@@]1(Br)C(O)C(CO)O[C@H]1n1cc(CN=N)c2c(N)ncnc21. The number of fused-ring (bicyclic) bond motifs is 1. The summed E-state index contributed by atoms with van der Waals surface area (Å²) < 4.78 is 6.69. The molecule has 3 rings (SSSR count). The zero-order valence-electron chi connectivity index (χ0n) is 12.3. The van der Waals surface area contributed by atoms with E-state index in [-0.39, 0.29) is 13.2 Å². The number of nitrogen functional groups attached to an aromatic ring is 1. The van der Waals surface area contributed by atoms with Gasteiger partial charge in [0.2, 0.25) is 0 Å². The molecular formula is C13H17BrN6O3. The average molecular weight is 385 g/mol. The van der Waals surface area contributed by atoms with Crippen molar-refractivity contribution in [3.8, 4) is 0 Å². The van der Waals surface area contributed by atoms with Crippen LogP contribution in [-0.4, -0.2) is 47.9 Å². The number of nitrogens with two attached hydrogens (primary N) is 1. The van der Waals surface area contributed by atoms with Crippen molar-refractivity contribution < 1.29 is 14.9 Å². The van der Waals surface area contributed by atoms with Gasteiger partial charge in [-0.1, -0.05) is 15.9 Å². The van der Waals surface area contributed by atoms with Gasteiger partial charge in [0.05, 0.1) is 22.9 Å². The van der Waals surface area contributed by atoms with Gasteiger partial charge in [0, 0.05) is 11.8 Å². The second-order valence-corrected chi connectivity index (χ2v) is 7.35. The van der Waals surface area contributed by atoms with Gasteiger partial charge in [-0.2, -0.15) is 5.11 Å². The Morgan fingerprint density at radius 3 is 2.91 bits per heavy atom. The van der Waals surface area contributed by atoms with E-state index >= 15 is 0 Å². The molecule has 1 aliphatic rings. The molecule has 2 unspecified atom stereocenters. The summed E-state index contributed by atoms with van der Waals surface area (Å²) in [6, 6.07) is 0. The third-order valence-corrected chi connectivity index (χ3v) is 4.98. The van der Waals surface area contributed by atoms with Crippen LogP contribution in [0.25, 0.3) is 11.0 Å². The van der Waals surface area contributed by atoms with Crippen LogP contribution in [-0.2, 0) is 11.3 Å². The summed E-state index contributed by atoms with van der Waals surface area (Å²) in [5.74, 6) is 0.293. The van der Waals surface area contributed by atoms with Crippen LogP contribution < -0.4 is 5.73 Å². The van der Waals surface area contributed by atoms with Crippen molar-refractivity contribution in [2.24, 2.45) is 5.11 Å². The van der Waals surface area contributed by atoms with E-state index in [1.54, 1.807) is 17.7 Å². The lowest BCUT2D eigenvalue weighted by Crippen LogP contribution is -2.39. The molecule has 0 aromatic carbocycles. The van der Waals surface area contributed by atoms with Crippen LogP contribution in [0.5, 0.6) is 0 Å². The standard InChI is InChI=1S/C13H17BrN6O3/c1-13(14)9(22)7(4-21)23-12(13)20-3-6(2-19-16)8-10(15)17-5-18-11(8)20/h3,5,7,9,12,16,21-22H,2,4H2,1H3,(H2,15,17,18)/t7?,9?,12-,13-/m1/s1. The van der Waals surface area contributed by atoms with Crippen LogP contribution in [0.2, 0.25) is 0 Å². The van der Waals surface area contributed by atoms with Gasteiger partial charge < -0.3 is 25.3 Å². The van der Waals surface area contributed by atoms with Gasteiger partial charge in [-0.25, -0.2) is 15.5 Å². The highest BCUT2D eigenvalue weighted by Crippen LogP contribution is 2.46. The number of hydrogen-bond donors (Lipinski definition) is 4. The first-order valence-corrected chi connectivity index (χ1v) is 7.77. The van der Waals surface area contributed by atoms with E-state index in [1.807, 2.05) is 0 Å². The molecule has 9 nitrogen and oxygen atoms in total. The minimum Gasteiger partial charge on any atom is -0.394 e. The Morgan fingerprint density at radius 1 is 1.57 bits per heavy atom. The molecule has 23 heavy (non-hydrogen) atoms. The van der Waals surface area contributed by atoms with Crippen LogP contribution in [0, 0.1) is 5.53 Å². The van der Waals surface area contributed by atoms with Crippen LogP contribution in [0.15, 0.2) is 17.6 Å². The topological polar surface area (TPSA) is 143 Å². The van der Waals surface area contributed by atoms with E-state index in [0.29, 0.717) is 22.4 Å². The third kappa shape index (κ3) is 2.42. The van der Waals surface area contributed by atoms with E-state index in [4.69, 9.17) is 16.0 Å². The summed E-state index contributed by atoms with van der Waals surface area (Å²) in [5.41, 5.74) is 14.3. The van der Waals surface area contributed by atoms with Crippen molar-refractivity contribution in [1.29, 1.82) is 5.53 Å². The lowest BCUT2D eigenvalue weighted by molar-refractivity contribution is -0.0437. The molecule has 0 spiro atoms. The Morgan fingerprint density at radius 2 is 2.30 bits per heavy atom. The average Bonchev–Trinajstić information content (AvgIpc) is 2.97. The maximum Gasteiger partial charge on any atom is 0.153 e.